The maximum absolute atomic E-state index is 6.31. The van der Waals surface area contributed by atoms with E-state index in [2.05, 4.69) is 64.2 Å². The Morgan fingerprint density at radius 3 is 2.33 bits per heavy atom. The molecule has 2 atom stereocenters. The first-order valence-electron chi connectivity index (χ1n) is 7.00. The Morgan fingerprint density at radius 2 is 1.78 bits per heavy atom. The predicted molar refractivity (Wildman–Crippen MR) is 80.4 cm³/mol. The summed E-state index contributed by atoms with van der Waals surface area (Å²) in [7, 11) is -1.56. The predicted octanol–water partition coefficient (Wildman–Crippen LogP) is 4.81. The number of hydrogen-bond acceptors (Lipinski definition) is 1. The van der Waals surface area contributed by atoms with Gasteiger partial charge in [-0.15, -0.1) is 0 Å². The Bertz CT molecular complexity index is 391. The van der Waals surface area contributed by atoms with Crippen LogP contribution in [0.1, 0.15) is 38.7 Å². The van der Waals surface area contributed by atoms with Gasteiger partial charge < -0.3 is 4.43 Å². The van der Waals surface area contributed by atoms with E-state index in [9.17, 15) is 0 Å². The van der Waals surface area contributed by atoms with E-state index in [1.807, 2.05) is 0 Å². The van der Waals surface area contributed by atoms with Gasteiger partial charge in [-0.25, -0.2) is 0 Å². The molecule has 2 unspecified atom stereocenters. The molecule has 1 aromatic carbocycles. The van der Waals surface area contributed by atoms with Crippen molar-refractivity contribution < 1.29 is 4.43 Å². The molecule has 1 nitrogen and oxygen atoms in total. The zero-order chi connectivity index (χ0) is 13.4. The Labute approximate surface area is 113 Å². The number of rotatable bonds is 4. The topological polar surface area (TPSA) is 9.23 Å². The molecule has 18 heavy (non-hydrogen) atoms. The van der Waals surface area contributed by atoms with Gasteiger partial charge in [0.1, 0.15) is 0 Å². The van der Waals surface area contributed by atoms with Crippen molar-refractivity contribution in [3.05, 3.63) is 35.9 Å². The molecule has 0 bridgehead atoms. The Morgan fingerprint density at radius 1 is 1.17 bits per heavy atom. The van der Waals surface area contributed by atoms with Crippen LogP contribution in [0.4, 0.5) is 0 Å². The lowest BCUT2D eigenvalue weighted by atomic mass is 10.1. The molecule has 0 amide bonds. The van der Waals surface area contributed by atoms with E-state index < -0.39 is 8.32 Å². The zero-order valence-corrected chi connectivity index (χ0v) is 13.4. The lowest BCUT2D eigenvalue weighted by molar-refractivity contribution is 0.270. The highest BCUT2D eigenvalue weighted by Gasteiger charge is 2.42. The van der Waals surface area contributed by atoms with Crippen LogP contribution in [0.15, 0.2) is 30.3 Å². The summed E-state index contributed by atoms with van der Waals surface area (Å²) in [6, 6.07) is 10.9. The molecule has 0 saturated heterocycles. The molecule has 1 aliphatic rings. The second-order valence-corrected chi connectivity index (χ2v) is 11.9. The fourth-order valence-corrected chi connectivity index (χ4v) is 3.14. The SMILES string of the molecule is CC(C)(C)[Si](C)(C)OCC1CC1c1ccccc1. The lowest BCUT2D eigenvalue weighted by Gasteiger charge is -2.36. The third-order valence-corrected chi connectivity index (χ3v) is 9.12. The van der Waals surface area contributed by atoms with Gasteiger partial charge >= 0.3 is 0 Å². The first-order valence-corrected chi connectivity index (χ1v) is 9.91. The summed E-state index contributed by atoms with van der Waals surface area (Å²) >= 11 is 0. The number of hydrogen-bond donors (Lipinski definition) is 0. The van der Waals surface area contributed by atoms with E-state index in [1.54, 1.807) is 0 Å². The van der Waals surface area contributed by atoms with E-state index in [0.29, 0.717) is 5.04 Å². The highest BCUT2D eigenvalue weighted by atomic mass is 28.4. The fraction of sp³-hybridized carbons (Fsp3) is 0.625. The van der Waals surface area contributed by atoms with Crippen molar-refractivity contribution in [2.45, 2.75) is 51.2 Å². The van der Waals surface area contributed by atoms with Crippen molar-refractivity contribution in [3.63, 3.8) is 0 Å². The van der Waals surface area contributed by atoms with E-state index >= 15 is 0 Å². The normalized spacial score (nSPS) is 24.1. The van der Waals surface area contributed by atoms with Crippen LogP contribution in [0.25, 0.3) is 0 Å². The second-order valence-electron chi connectivity index (χ2n) is 7.08. The van der Waals surface area contributed by atoms with Crippen molar-refractivity contribution in [2.75, 3.05) is 6.61 Å². The van der Waals surface area contributed by atoms with Gasteiger partial charge in [0.25, 0.3) is 0 Å². The Kier molecular flexibility index (Phi) is 3.70. The standard InChI is InChI=1S/C16H26OSi/c1-16(2,3)18(4,5)17-12-14-11-15(14)13-9-7-6-8-10-13/h6-10,14-15H,11-12H2,1-5H3. The van der Waals surface area contributed by atoms with Gasteiger partial charge in [0, 0.05) is 6.61 Å². The highest BCUT2D eigenvalue weighted by Crippen LogP contribution is 2.48. The Hall–Kier alpha value is -0.603. The fourth-order valence-electron chi connectivity index (χ4n) is 2.07. The van der Waals surface area contributed by atoms with Crippen LogP contribution in [-0.2, 0) is 4.43 Å². The third kappa shape index (κ3) is 3.04. The molecular formula is C16H26OSi. The molecule has 0 heterocycles. The molecule has 0 spiro atoms. The van der Waals surface area contributed by atoms with Gasteiger partial charge in [-0.1, -0.05) is 51.1 Å². The van der Waals surface area contributed by atoms with Crippen LogP contribution in [0.5, 0.6) is 0 Å². The average molecular weight is 262 g/mol. The van der Waals surface area contributed by atoms with Gasteiger partial charge in [-0.3, -0.25) is 0 Å². The largest absolute Gasteiger partial charge is 0.417 e. The first-order chi connectivity index (χ1) is 8.31. The molecule has 1 aromatic rings. The molecule has 1 fully saturated rings. The van der Waals surface area contributed by atoms with Crippen LogP contribution in [-0.4, -0.2) is 14.9 Å². The molecule has 100 valence electrons. The maximum Gasteiger partial charge on any atom is 0.191 e. The van der Waals surface area contributed by atoms with E-state index in [4.69, 9.17) is 4.43 Å². The van der Waals surface area contributed by atoms with Crippen LogP contribution < -0.4 is 0 Å². The molecule has 0 radical (unpaired) electrons. The van der Waals surface area contributed by atoms with Crippen LogP contribution in [0, 0.1) is 5.92 Å². The summed E-state index contributed by atoms with van der Waals surface area (Å²) in [5, 5.41) is 0.324. The minimum atomic E-state index is -1.56. The van der Waals surface area contributed by atoms with Gasteiger partial charge in [0.2, 0.25) is 0 Å². The molecule has 1 saturated carbocycles. The smallest absolute Gasteiger partial charge is 0.191 e. The van der Waals surface area contributed by atoms with E-state index in [-0.39, 0.29) is 0 Å². The van der Waals surface area contributed by atoms with Crippen molar-refractivity contribution in [2.24, 2.45) is 5.92 Å². The zero-order valence-electron chi connectivity index (χ0n) is 12.4. The maximum atomic E-state index is 6.31. The minimum absolute atomic E-state index is 0.324. The summed E-state index contributed by atoms with van der Waals surface area (Å²) in [4.78, 5) is 0. The minimum Gasteiger partial charge on any atom is -0.417 e. The highest BCUT2D eigenvalue weighted by molar-refractivity contribution is 6.74. The van der Waals surface area contributed by atoms with Crippen molar-refractivity contribution in [1.82, 2.24) is 0 Å². The molecular weight excluding hydrogens is 236 g/mol. The van der Waals surface area contributed by atoms with Crippen LogP contribution in [0.2, 0.25) is 18.1 Å². The van der Waals surface area contributed by atoms with Gasteiger partial charge in [0.15, 0.2) is 8.32 Å². The molecule has 2 heteroatoms. The molecule has 1 aliphatic carbocycles. The first kappa shape index (κ1) is 13.8. The molecule has 0 aromatic heterocycles. The quantitative estimate of drug-likeness (QED) is 0.707. The monoisotopic (exact) mass is 262 g/mol. The summed E-state index contributed by atoms with van der Waals surface area (Å²) in [5.41, 5.74) is 1.49. The van der Waals surface area contributed by atoms with Crippen LogP contribution in [0.3, 0.4) is 0 Å². The van der Waals surface area contributed by atoms with E-state index in [1.165, 1.54) is 12.0 Å². The molecule has 2 rings (SSSR count). The summed E-state index contributed by atoms with van der Waals surface area (Å²) in [6.45, 7) is 12.6. The van der Waals surface area contributed by atoms with Gasteiger partial charge in [-0.05, 0) is 42.0 Å². The van der Waals surface area contributed by atoms with Gasteiger partial charge in [-0.2, -0.15) is 0 Å². The number of benzene rings is 1. The van der Waals surface area contributed by atoms with Gasteiger partial charge in [0.05, 0.1) is 0 Å². The van der Waals surface area contributed by atoms with Crippen molar-refractivity contribution in [1.29, 1.82) is 0 Å². The van der Waals surface area contributed by atoms with E-state index in [0.717, 1.165) is 18.4 Å². The van der Waals surface area contributed by atoms with Crippen LogP contribution >= 0.6 is 0 Å². The van der Waals surface area contributed by atoms with Crippen molar-refractivity contribution >= 4 is 8.32 Å². The average Bonchev–Trinajstić information content (AvgIpc) is 3.06. The molecule has 0 N–H and O–H groups in total. The Balaban J connectivity index is 1.85. The second kappa shape index (κ2) is 4.82. The lowest BCUT2D eigenvalue weighted by Crippen LogP contribution is -2.41. The van der Waals surface area contributed by atoms with Crippen molar-refractivity contribution in [3.8, 4) is 0 Å². The summed E-state index contributed by atoms with van der Waals surface area (Å²) < 4.78 is 6.31. The molecule has 0 aliphatic heterocycles. The summed E-state index contributed by atoms with van der Waals surface area (Å²) in [5.74, 6) is 1.50. The summed E-state index contributed by atoms with van der Waals surface area (Å²) in [6.07, 6.45) is 1.30. The third-order valence-electron chi connectivity index (χ3n) is 4.61.